The molecule has 2 heterocycles. The van der Waals surface area contributed by atoms with Gasteiger partial charge in [0, 0.05) is 4.47 Å². The zero-order valence-corrected chi connectivity index (χ0v) is 23.0. The van der Waals surface area contributed by atoms with Crippen molar-refractivity contribution in [2.75, 3.05) is 13.7 Å². The van der Waals surface area contributed by atoms with Gasteiger partial charge in [0.1, 0.15) is 0 Å². The van der Waals surface area contributed by atoms with Gasteiger partial charge in [-0.05, 0) is 77.9 Å². The molecule has 0 spiro atoms. The Hall–Kier alpha value is -2.44. The Balaban J connectivity index is 1.95. The van der Waals surface area contributed by atoms with Gasteiger partial charge < -0.3 is 14.6 Å². The first-order valence-electron chi connectivity index (χ1n) is 10.3. The van der Waals surface area contributed by atoms with Gasteiger partial charge in [-0.25, -0.2) is 9.79 Å². The smallest absolute Gasteiger partial charge is 0.338 e. The van der Waals surface area contributed by atoms with Gasteiger partial charge in [-0.15, -0.1) is 0 Å². The minimum Gasteiger partial charge on any atom is -0.504 e. The molecule has 1 N–H and O–H groups in total. The van der Waals surface area contributed by atoms with Crippen LogP contribution in [-0.4, -0.2) is 29.4 Å². The van der Waals surface area contributed by atoms with E-state index in [1.54, 1.807) is 36.6 Å². The number of phenolic OH excluding ortho intramolecular Hbond substituents is 1. The fraction of sp³-hybridized carbons (Fsp3) is 0.208. The summed E-state index contributed by atoms with van der Waals surface area (Å²) >= 11 is 6.69. The van der Waals surface area contributed by atoms with Gasteiger partial charge in [-0.1, -0.05) is 39.4 Å². The molecule has 0 aliphatic carbocycles. The zero-order valence-electron chi connectivity index (χ0n) is 18.5. The number of rotatable bonds is 5. The molecule has 3 aromatic rings. The summed E-state index contributed by atoms with van der Waals surface area (Å²) in [5.74, 6) is -0.130. The van der Waals surface area contributed by atoms with Gasteiger partial charge in [-0.2, -0.15) is 0 Å². The molecule has 0 fully saturated rings. The fourth-order valence-electron chi connectivity index (χ4n) is 3.74. The zero-order chi connectivity index (χ0) is 24.6. The maximum Gasteiger partial charge on any atom is 0.338 e. The first-order chi connectivity index (χ1) is 16.2. The number of thiazole rings is 1. The summed E-state index contributed by atoms with van der Waals surface area (Å²) in [6.07, 6.45) is 1.73. The highest BCUT2D eigenvalue weighted by atomic mass is 127. The van der Waals surface area contributed by atoms with Crippen molar-refractivity contribution in [3.05, 3.63) is 86.5 Å². The molecule has 7 nitrogen and oxygen atoms in total. The minimum atomic E-state index is -0.667. The topological polar surface area (TPSA) is 90.1 Å². The highest BCUT2D eigenvalue weighted by Crippen LogP contribution is 2.33. The van der Waals surface area contributed by atoms with Gasteiger partial charge in [0.15, 0.2) is 16.3 Å². The number of hydrogen-bond acceptors (Lipinski definition) is 7. The van der Waals surface area contributed by atoms with Crippen LogP contribution in [0.25, 0.3) is 6.08 Å². The number of allylic oxidation sites excluding steroid dienone is 1. The molecule has 0 amide bonds. The Bertz CT molecular complexity index is 1490. The highest BCUT2D eigenvalue weighted by Gasteiger charge is 2.33. The van der Waals surface area contributed by atoms with Crippen molar-refractivity contribution in [3.8, 4) is 11.5 Å². The van der Waals surface area contributed by atoms with Crippen LogP contribution in [0.3, 0.4) is 0 Å². The van der Waals surface area contributed by atoms with Crippen LogP contribution in [0.4, 0.5) is 0 Å². The Labute approximate surface area is 221 Å². The monoisotopic (exact) mass is 654 g/mol. The SMILES string of the molecule is CCOC(=O)C1=C(C)N=c2s/c(=C\c3cc(I)c(O)c(OC)c3)c(=O)n2[C@H]1c1ccc(Br)cc1. The van der Waals surface area contributed by atoms with Gasteiger partial charge in [0.05, 0.1) is 39.1 Å². The molecule has 1 aromatic heterocycles. The number of ether oxygens (including phenoxy) is 2. The highest BCUT2D eigenvalue weighted by molar-refractivity contribution is 14.1. The lowest BCUT2D eigenvalue weighted by Gasteiger charge is -2.24. The number of halogens is 2. The molecule has 1 aliphatic heterocycles. The summed E-state index contributed by atoms with van der Waals surface area (Å²) in [5, 5.41) is 10.1. The lowest BCUT2D eigenvalue weighted by Crippen LogP contribution is -2.39. The molecule has 2 aromatic carbocycles. The molecule has 176 valence electrons. The van der Waals surface area contributed by atoms with Crippen LogP contribution in [0.1, 0.15) is 31.0 Å². The first kappa shape index (κ1) is 24.7. The Morgan fingerprint density at radius 1 is 1.32 bits per heavy atom. The second kappa shape index (κ2) is 10.0. The molecule has 34 heavy (non-hydrogen) atoms. The van der Waals surface area contributed by atoms with Gasteiger partial charge >= 0.3 is 5.97 Å². The molecular weight excluding hydrogens is 635 g/mol. The molecule has 1 atom stereocenters. The molecule has 0 saturated carbocycles. The number of hydrogen-bond donors (Lipinski definition) is 1. The third-order valence-corrected chi connectivity index (χ3v) is 7.61. The number of aromatic hydroxyl groups is 1. The first-order valence-corrected chi connectivity index (χ1v) is 13.0. The van der Waals surface area contributed by atoms with E-state index in [9.17, 15) is 14.7 Å². The lowest BCUT2D eigenvalue weighted by atomic mass is 9.96. The van der Waals surface area contributed by atoms with E-state index in [4.69, 9.17) is 9.47 Å². The van der Waals surface area contributed by atoms with Crippen LogP contribution >= 0.6 is 49.9 Å². The van der Waals surface area contributed by atoms with Crippen molar-refractivity contribution in [2.45, 2.75) is 19.9 Å². The summed E-state index contributed by atoms with van der Waals surface area (Å²) in [4.78, 5) is 31.6. The summed E-state index contributed by atoms with van der Waals surface area (Å²) in [7, 11) is 1.47. The standard InChI is InChI=1S/C24H20BrIN2O5S/c1-4-33-23(31)19-12(2)27-24-28(20(19)14-5-7-15(25)8-6-14)22(30)18(34-24)11-13-9-16(26)21(29)17(10-13)32-3/h5-11,20,29H,4H2,1-3H3/b18-11-/t20-/m0/s1. The van der Waals surface area contributed by atoms with Gasteiger partial charge in [0.2, 0.25) is 0 Å². The molecule has 0 radical (unpaired) electrons. The molecule has 0 unspecified atom stereocenters. The van der Waals surface area contributed by atoms with E-state index in [0.29, 0.717) is 35.5 Å². The average Bonchev–Trinajstić information content (AvgIpc) is 3.10. The minimum absolute atomic E-state index is 0.0478. The molecule has 0 saturated heterocycles. The Kier molecular flexibility index (Phi) is 7.29. The van der Waals surface area contributed by atoms with Crippen LogP contribution in [0.2, 0.25) is 0 Å². The predicted octanol–water partition coefficient (Wildman–Crippen LogP) is 3.88. The summed E-state index contributed by atoms with van der Waals surface area (Å²) < 4.78 is 14.0. The third kappa shape index (κ3) is 4.58. The summed E-state index contributed by atoms with van der Waals surface area (Å²) in [6, 6.07) is 10.2. The van der Waals surface area contributed by atoms with E-state index in [1.807, 2.05) is 46.9 Å². The van der Waals surface area contributed by atoms with Crippen molar-refractivity contribution in [2.24, 2.45) is 4.99 Å². The summed E-state index contributed by atoms with van der Waals surface area (Å²) in [6.45, 7) is 3.71. The fourth-order valence-corrected chi connectivity index (χ4v) is 5.67. The molecule has 1 aliphatic rings. The van der Waals surface area contributed by atoms with Crippen LogP contribution < -0.4 is 19.6 Å². The number of carbonyl (C=O) groups excluding carboxylic acids is 1. The average molecular weight is 655 g/mol. The molecule has 0 bridgehead atoms. The van der Waals surface area contributed by atoms with Crippen LogP contribution in [0, 0.1) is 3.57 Å². The third-order valence-electron chi connectivity index (χ3n) is 5.27. The van der Waals surface area contributed by atoms with E-state index in [1.165, 1.54) is 18.4 Å². The van der Waals surface area contributed by atoms with E-state index >= 15 is 0 Å². The second-order valence-corrected chi connectivity index (χ2v) is 10.5. The molecule has 10 heteroatoms. The van der Waals surface area contributed by atoms with Gasteiger partial charge in [-0.3, -0.25) is 9.36 Å². The van der Waals surface area contributed by atoms with Crippen LogP contribution in [-0.2, 0) is 9.53 Å². The number of aromatic nitrogens is 1. The maximum absolute atomic E-state index is 13.6. The Morgan fingerprint density at radius 3 is 2.68 bits per heavy atom. The van der Waals surface area contributed by atoms with Crippen molar-refractivity contribution >= 4 is 61.9 Å². The largest absolute Gasteiger partial charge is 0.504 e. The van der Waals surface area contributed by atoms with Gasteiger partial charge in [0.25, 0.3) is 5.56 Å². The summed E-state index contributed by atoms with van der Waals surface area (Å²) in [5.41, 5.74) is 2.05. The molecule has 4 rings (SSSR count). The quantitative estimate of drug-likeness (QED) is 0.333. The number of fused-ring (bicyclic) bond motifs is 1. The van der Waals surface area contributed by atoms with Crippen LogP contribution in [0.15, 0.2) is 61.9 Å². The van der Waals surface area contributed by atoms with E-state index < -0.39 is 12.0 Å². The number of nitrogens with zero attached hydrogens (tertiary/aromatic N) is 2. The lowest BCUT2D eigenvalue weighted by molar-refractivity contribution is -0.139. The number of benzene rings is 2. The normalized spacial score (nSPS) is 15.7. The second-order valence-electron chi connectivity index (χ2n) is 7.41. The van der Waals surface area contributed by atoms with Crippen molar-refractivity contribution in [3.63, 3.8) is 0 Å². The van der Waals surface area contributed by atoms with E-state index in [-0.39, 0.29) is 17.9 Å². The number of carbonyl (C=O) groups is 1. The number of methoxy groups -OCH3 is 1. The van der Waals surface area contributed by atoms with Crippen molar-refractivity contribution in [1.29, 1.82) is 0 Å². The molecular formula is C24H20BrIN2O5S. The van der Waals surface area contributed by atoms with E-state index in [0.717, 1.165) is 10.0 Å². The predicted molar refractivity (Wildman–Crippen MR) is 142 cm³/mol. The van der Waals surface area contributed by atoms with Crippen LogP contribution in [0.5, 0.6) is 11.5 Å². The maximum atomic E-state index is 13.6. The number of esters is 1. The van der Waals surface area contributed by atoms with Crippen molar-refractivity contribution in [1.82, 2.24) is 4.57 Å². The number of phenols is 1. The van der Waals surface area contributed by atoms with Crippen molar-refractivity contribution < 1.29 is 19.4 Å². The van der Waals surface area contributed by atoms with E-state index in [2.05, 4.69) is 20.9 Å². The Morgan fingerprint density at radius 2 is 2.03 bits per heavy atom.